The summed E-state index contributed by atoms with van der Waals surface area (Å²) in [5.41, 5.74) is 4.26. The second-order valence-electron chi connectivity index (χ2n) is 7.22. The van der Waals surface area contributed by atoms with Crippen molar-refractivity contribution >= 4 is 0 Å². The predicted octanol–water partition coefficient (Wildman–Crippen LogP) is 8.17. The first-order valence-corrected chi connectivity index (χ1v) is 9.87. The Kier molecular flexibility index (Phi) is 11.9. The number of ether oxygens (including phenoxy) is 1. The van der Waals surface area contributed by atoms with Crippen LogP contribution in [0.2, 0.25) is 0 Å². The molecule has 0 radical (unpaired) electrons. The van der Waals surface area contributed by atoms with E-state index in [0.29, 0.717) is 0 Å². The third kappa shape index (κ3) is 10.5. The van der Waals surface area contributed by atoms with Gasteiger partial charge in [0.1, 0.15) is 11.5 Å². The van der Waals surface area contributed by atoms with Crippen molar-refractivity contribution in [2.24, 2.45) is 0 Å². The Balaban J connectivity index is 0.000000469. The first-order chi connectivity index (χ1) is 12.8. The molecule has 0 unspecified atom stereocenters. The van der Waals surface area contributed by atoms with Gasteiger partial charge in [0.25, 0.3) is 0 Å². The zero-order chi connectivity index (χ0) is 20.9. The van der Waals surface area contributed by atoms with E-state index in [-0.39, 0.29) is 5.41 Å². The SMILES string of the molecule is C/C=C\C(=C/C)Oc1ccc(C)cc1.CC.Cc1ccc(C(C)(C)C)cc1. The topological polar surface area (TPSA) is 9.23 Å². The van der Waals surface area contributed by atoms with Crippen LogP contribution in [0.5, 0.6) is 5.75 Å². The summed E-state index contributed by atoms with van der Waals surface area (Å²) in [6.07, 6.45) is 5.85. The van der Waals surface area contributed by atoms with Crippen molar-refractivity contribution in [1.82, 2.24) is 0 Å². The largest absolute Gasteiger partial charge is 0.458 e. The van der Waals surface area contributed by atoms with Crippen molar-refractivity contribution in [3.63, 3.8) is 0 Å². The normalized spacial score (nSPS) is 11.2. The van der Waals surface area contributed by atoms with Crippen molar-refractivity contribution in [2.75, 3.05) is 0 Å². The fourth-order valence-electron chi connectivity index (χ4n) is 2.15. The van der Waals surface area contributed by atoms with Crippen LogP contribution in [-0.4, -0.2) is 0 Å². The molecule has 0 heterocycles. The highest BCUT2D eigenvalue weighted by Crippen LogP contribution is 2.21. The molecule has 1 heteroatoms. The molecule has 2 aromatic rings. The van der Waals surface area contributed by atoms with E-state index in [0.717, 1.165) is 11.5 Å². The minimum absolute atomic E-state index is 0.285. The first kappa shape index (κ1) is 24.7. The molecule has 0 fully saturated rings. The molecule has 0 aromatic heterocycles. The van der Waals surface area contributed by atoms with Gasteiger partial charge in [0.2, 0.25) is 0 Å². The summed E-state index contributed by atoms with van der Waals surface area (Å²) in [4.78, 5) is 0. The van der Waals surface area contributed by atoms with Crippen LogP contribution in [0.1, 0.15) is 65.2 Å². The Morgan fingerprint density at radius 2 is 1.22 bits per heavy atom. The lowest BCUT2D eigenvalue weighted by Gasteiger charge is -2.18. The molecular formula is C26H38O. The van der Waals surface area contributed by atoms with Crippen molar-refractivity contribution in [3.8, 4) is 5.75 Å². The first-order valence-electron chi connectivity index (χ1n) is 9.87. The molecule has 0 aliphatic heterocycles. The van der Waals surface area contributed by atoms with E-state index >= 15 is 0 Å². The smallest absolute Gasteiger partial charge is 0.127 e. The molecule has 0 atom stereocenters. The van der Waals surface area contributed by atoms with Crippen LogP contribution < -0.4 is 4.74 Å². The van der Waals surface area contributed by atoms with Gasteiger partial charge in [0.15, 0.2) is 0 Å². The van der Waals surface area contributed by atoms with Gasteiger partial charge in [0.05, 0.1) is 0 Å². The highest BCUT2D eigenvalue weighted by atomic mass is 16.5. The Morgan fingerprint density at radius 1 is 0.778 bits per heavy atom. The van der Waals surface area contributed by atoms with Crippen LogP contribution in [0.25, 0.3) is 0 Å². The molecule has 2 rings (SSSR count). The monoisotopic (exact) mass is 366 g/mol. The lowest BCUT2D eigenvalue weighted by molar-refractivity contribution is 0.443. The van der Waals surface area contributed by atoms with Crippen LogP contribution in [0, 0.1) is 13.8 Å². The minimum Gasteiger partial charge on any atom is -0.458 e. The van der Waals surface area contributed by atoms with Gasteiger partial charge in [0, 0.05) is 0 Å². The Hall–Kier alpha value is -2.28. The molecule has 0 aliphatic carbocycles. The van der Waals surface area contributed by atoms with Gasteiger partial charge in [-0.05, 0) is 63.0 Å². The summed E-state index contributed by atoms with van der Waals surface area (Å²) in [7, 11) is 0. The third-order valence-electron chi connectivity index (χ3n) is 3.79. The Bertz CT molecular complexity index is 680. The van der Waals surface area contributed by atoms with Gasteiger partial charge in [-0.1, -0.05) is 88.2 Å². The Labute approximate surface area is 167 Å². The molecule has 0 spiro atoms. The summed E-state index contributed by atoms with van der Waals surface area (Å²) < 4.78 is 5.63. The number of hydrogen-bond acceptors (Lipinski definition) is 1. The maximum Gasteiger partial charge on any atom is 0.127 e. The molecule has 0 saturated carbocycles. The van der Waals surface area contributed by atoms with Gasteiger partial charge in [-0.25, -0.2) is 0 Å². The molecule has 148 valence electrons. The van der Waals surface area contributed by atoms with E-state index in [4.69, 9.17) is 4.74 Å². The van der Waals surface area contributed by atoms with Gasteiger partial charge in [-0.15, -0.1) is 0 Å². The molecule has 0 aliphatic rings. The van der Waals surface area contributed by atoms with Crippen LogP contribution in [0.3, 0.4) is 0 Å². The minimum atomic E-state index is 0.285. The van der Waals surface area contributed by atoms with E-state index in [9.17, 15) is 0 Å². The second kappa shape index (κ2) is 13.0. The summed E-state index contributed by atoms with van der Waals surface area (Å²) in [5.74, 6) is 1.75. The van der Waals surface area contributed by atoms with Crippen molar-refractivity contribution in [1.29, 1.82) is 0 Å². The van der Waals surface area contributed by atoms with E-state index in [1.54, 1.807) is 0 Å². The van der Waals surface area contributed by atoms with Crippen LogP contribution in [0.4, 0.5) is 0 Å². The quantitative estimate of drug-likeness (QED) is 0.393. The lowest BCUT2D eigenvalue weighted by Crippen LogP contribution is -2.10. The summed E-state index contributed by atoms with van der Waals surface area (Å²) in [6.45, 7) is 18.8. The van der Waals surface area contributed by atoms with Gasteiger partial charge >= 0.3 is 0 Å². The highest BCUT2D eigenvalue weighted by molar-refractivity contribution is 5.29. The molecule has 1 nitrogen and oxygen atoms in total. The number of benzene rings is 2. The third-order valence-corrected chi connectivity index (χ3v) is 3.79. The highest BCUT2D eigenvalue weighted by Gasteiger charge is 2.11. The standard InChI is InChI=1S/C13H16O.C11H16.C2H6/c1-4-6-12(5-2)14-13-9-7-11(3)8-10-13;1-9-5-7-10(8-6-9)11(2,3)4;1-2/h4-10H,1-3H3;5-8H,1-4H3;1-2H3/b6-4-,12-5+;;. The molecule has 0 amide bonds. The predicted molar refractivity (Wildman–Crippen MR) is 122 cm³/mol. The molecule has 0 bridgehead atoms. The molecule has 2 aromatic carbocycles. The molecule has 0 saturated heterocycles. The average molecular weight is 367 g/mol. The maximum absolute atomic E-state index is 5.63. The van der Waals surface area contributed by atoms with Crippen molar-refractivity contribution in [2.45, 2.75) is 67.7 Å². The fraction of sp³-hybridized carbons (Fsp3) is 0.385. The van der Waals surface area contributed by atoms with Crippen molar-refractivity contribution in [3.05, 3.63) is 89.2 Å². The second-order valence-corrected chi connectivity index (χ2v) is 7.22. The molecule has 27 heavy (non-hydrogen) atoms. The average Bonchev–Trinajstić information content (AvgIpc) is 2.65. The van der Waals surface area contributed by atoms with Crippen LogP contribution in [-0.2, 0) is 5.41 Å². The number of rotatable bonds is 3. The van der Waals surface area contributed by atoms with E-state index < -0.39 is 0 Å². The lowest BCUT2D eigenvalue weighted by atomic mass is 9.87. The van der Waals surface area contributed by atoms with Gasteiger partial charge in [-0.3, -0.25) is 0 Å². The summed E-state index contributed by atoms with van der Waals surface area (Å²) in [5, 5.41) is 0. The van der Waals surface area contributed by atoms with Crippen LogP contribution in [0.15, 0.2) is 72.5 Å². The zero-order valence-corrected chi connectivity index (χ0v) is 18.8. The summed E-state index contributed by atoms with van der Waals surface area (Å²) in [6, 6.07) is 16.8. The number of allylic oxidation sites excluding steroid dienone is 3. The van der Waals surface area contributed by atoms with E-state index in [1.165, 1.54) is 16.7 Å². The Morgan fingerprint density at radius 3 is 1.59 bits per heavy atom. The van der Waals surface area contributed by atoms with E-state index in [1.807, 2.05) is 70.2 Å². The van der Waals surface area contributed by atoms with E-state index in [2.05, 4.69) is 58.9 Å². The van der Waals surface area contributed by atoms with Crippen molar-refractivity contribution < 1.29 is 4.74 Å². The van der Waals surface area contributed by atoms with Crippen LogP contribution >= 0.6 is 0 Å². The maximum atomic E-state index is 5.63. The number of hydrogen-bond donors (Lipinski definition) is 0. The molecule has 0 N–H and O–H groups in total. The fourth-order valence-corrected chi connectivity index (χ4v) is 2.15. The zero-order valence-electron chi connectivity index (χ0n) is 18.8. The van der Waals surface area contributed by atoms with Gasteiger partial charge in [-0.2, -0.15) is 0 Å². The van der Waals surface area contributed by atoms with Gasteiger partial charge < -0.3 is 4.74 Å². The summed E-state index contributed by atoms with van der Waals surface area (Å²) >= 11 is 0. The molecular weight excluding hydrogens is 328 g/mol. The number of aryl methyl sites for hydroxylation is 2.